The minimum Gasteiger partial charge on any atom is -0.454 e. The van der Waals surface area contributed by atoms with Crippen LogP contribution >= 0.6 is 0 Å². The second-order valence-corrected chi connectivity index (χ2v) is 8.95. The van der Waals surface area contributed by atoms with Gasteiger partial charge in [-0.25, -0.2) is 13.2 Å². The molecule has 1 saturated carbocycles. The highest BCUT2D eigenvalue weighted by Crippen LogP contribution is 2.24. The summed E-state index contributed by atoms with van der Waals surface area (Å²) in [6.45, 7) is 3.22. The Morgan fingerprint density at radius 3 is 2.75 bits per heavy atom. The zero-order valence-corrected chi connectivity index (χ0v) is 16.8. The minimum absolute atomic E-state index is 0.0977. The number of nitrogens with zero attached hydrogens (tertiary/aromatic N) is 1. The van der Waals surface area contributed by atoms with Crippen molar-refractivity contribution in [3.05, 3.63) is 29.8 Å². The van der Waals surface area contributed by atoms with Gasteiger partial charge in [-0.1, -0.05) is 31.9 Å². The van der Waals surface area contributed by atoms with Crippen molar-refractivity contribution in [3.8, 4) is 0 Å². The van der Waals surface area contributed by atoms with Crippen LogP contribution in [0.4, 0.5) is 0 Å². The van der Waals surface area contributed by atoms with Gasteiger partial charge in [0.1, 0.15) is 11.9 Å². The number of benzene rings is 1. The SMILES string of the molecule is C[C@@H](N=C1NS(=O)(=O)c2ccccc21)C(=O)OCC(=O)N[C@H]1CCCC[C@@H]1C. The molecule has 0 unspecified atom stereocenters. The van der Waals surface area contributed by atoms with Gasteiger partial charge in [0.05, 0.1) is 4.90 Å². The molecule has 2 aliphatic rings. The summed E-state index contributed by atoms with van der Waals surface area (Å²) in [4.78, 5) is 28.5. The molecule has 1 fully saturated rings. The number of hydrogen-bond donors (Lipinski definition) is 2. The largest absolute Gasteiger partial charge is 0.454 e. The lowest BCUT2D eigenvalue weighted by molar-refractivity contribution is -0.149. The molecule has 152 valence electrons. The predicted molar refractivity (Wildman–Crippen MR) is 103 cm³/mol. The molecule has 0 spiro atoms. The first kappa shape index (κ1) is 20.3. The zero-order valence-electron chi connectivity index (χ0n) is 16.0. The number of sulfonamides is 1. The Morgan fingerprint density at radius 2 is 2.00 bits per heavy atom. The maximum Gasteiger partial charge on any atom is 0.331 e. The highest BCUT2D eigenvalue weighted by atomic mass is 32.2. The number of esters is 1. The van der Waals surface area contributed by atoms with Gasteiger partial charge in [-0.15, -0.1) is 0 Å². The topological polar surface area (TPSA) is 114 Å². The number of amidine groups is 1. The number of ether oxygens (including phenoxy) is 1. The Balaban J connectivity index is 1.57. The van der Waals surface area contributed by atoms with Crippen molar-refractivity contribution in [1.82, 2.24) is 10.0 Å². The van der Waals surface area contributed by atoms with Crippen molar-refractivity contribution < 1.29 is 22.7 Å². The Labute approximate surface area is 164 Å². The van der Waals surface area contributed by atoms with E-state index in [2.05, 4.69) is 22.0 Å². The predicted octanol–water partition coefficient (Wildman–Crippen LogP) is 1.35. The molecule has 1 aromatic rings. The summed E-state index contributed by atoms with van der Waals surface area (Å²) < 4.78 is 31.6. The second kappa shape index (κ2) is 8.30. The molecule has 9 heteroatoms. The summed E-state index contributed by atoms with van der Waals surface area (Å²) in [5.74, 6) is -0.517. The normalized spacial score (nSPS) is 25.4. The lowest BCUT2D eigenvalue weighted by atomic mass is 9.86. The Hall–Kier alpha value is -2.42. The van der Waals surface area contributed by atoms with Gasteiger partial charge in [0, 0.05) is 11.6 Å². The fourth-order valence-corrected chi connectivity index (χ4v) is 4.75. The third-order valence-corrected chi connectivity index (χ3v) is 6.53. The number of hydrogen-bond acceptors (Lipinski definition) is 6. The van der Waals surface area contributed by atoms with E-state index in [1.807, 2.05) is 0 Å². The molecule has 8 nitrogen and oxygen atoms in total. The highest BCUT2D eigenvalue weighted by molar-refractivity contribution is 7.90. The fraction of sp³-hybridized carbons (Fsp3) is 0.526. The van der Waals surface area contributed by atoms with Gasteiger partial charge in [-0.3, -0.25) is 14.5 Å². The molecule has 1 aliphatic carbocycles. The molecule has 0 saturated heterocycles. The monoisotopic (exact) mass is 407 g/mol. The molecule has 0 aromatic heterocycles. The Bertz CT molecular complexity index is 897. The highest BCUT2D eigenvalue weighted by Gasteiger charge is 2.31. The Kier molecular flexibility index (Phi) is 6.02. The van der Waals surface area contributed by atoms with Gasteiger partial charge in [-0.2, -0.15) is 0 Å². The van der Waals surface area contributed by atoms with Crippen molar-refractivity contribution in [2.75, 3.05) is 6.61 Å². The molecule has 1 aliphatic heterocycles. The number of carbonyl (C=O) groups excluding carboxylic acids is 2. The second-order valence-electron chi connectivity index (χ2n) is 7.30. The van der Waals surface area contributed by atoms with E-state index in [9.17, 15) is 18.0 Å². The standard InChI is InChI=1S/C19H25N3O5S/c1-12-7-3-5-9-15(12)21-17(23)11-27-19(24)13(2)20-18-14-8-4-6-10-16(14)28(25,26)22-18/h4,6,8,10,12-13,15H,3,5,7,9,11H2,1-2H3,(H,20,22)(H,21,23)/t12-,13+,15-/m0/s1. The van der Waals surface area contributed by atoms with E-state index in [-0.39, 0.29) is 29.3 Å². The smallest absolute Gasteiger partial charge is 0.331 e. The molecular weight excluding hydrogens is 382 g/mol. The van der Waals surface area contributed by atoms with Crippen LogP contribution in [-0.2, 0) is 24.3 Å². The van der Waals surface area contributed by atoms with Crippen LogP contribution in [0.3, 0.4) is 0 Å². The van der Waals surface area contributed by atoms with Crippen molar-refractivity contribution in [2.24, 2.45) is 10.9 Å². The lowest BCUT2D eigenvalue weighted by Crippen LogP contribution is -2.43. The van der Waals surface area contributed by atoms with Crippen LogP contribution < -0.4 is 10.0 Å². The van der Waals surface area contributed by atoms with Crippen molar-refractivity contribution >= 4 is 27.7 Å². The van der Waals surface area contributed by atoms with Crippen LogP contribution in [0.15, 0.2) is 34.2 Å². The van der Waals surface area contributed by atoms with Gasteiger partial charge < -0.3 is 10.1 Å². The summed E-state index contributed by atoms with van der Waals surface area (Å²) in [5, 5.41) is 2.92. The molecule has 1 heterocycles. The van der Waals surface area contributed by atoms with E-state index in [1.54, 1.807) is 18.2 Å². The van der Waals surface area contributed by atoms with E-state index >= 15 is 0 Å². The molecule has 0 bridgehead atoms. The summed E-state index contributed by atoms with van der Waals surface area (Å²) >= 11 is 0. The first-order valence-electron chi connectivity index (χ1n) is 9.44. The number of rotatable bonds is 5. The average molecular weight is 407 g/mol. The minimum atomic E-state index is -3.67. The summed E-state index contributed by atoms with van der Waals surface area (Å²) in [6.07, 6.45) is 4.27. The quantitative estimate of drug-likeness (QED) is 0.715. The Morgan fingerprint density at radius 1 is 1.29 bits per heavy atom. The maximum absolute atomic E-state index is 12.2. The van der Waals surface area contributed by atoms with Gasteiger partial charge in [0.15, 0.2) is 6.61 Å². The number of nitrogens with one attached hydrogen (secondary N) is 2. The molecule has 3 atom stereocenters. The summed E-state index contributed by atoms with van der Waals surface area (Å²) in [5.41, 5.74) is 0.408. The lowest BCUT2D eigenvalue weighted by Gasteiger charge is -2.29. The van der Waals surface area contributed by atoms with Crippen molar-refractivity contribution in [2.45, 2.75) is 56.5 Å². The molecule has 0 radical (unpaired) electrons. The van der Waals surface area contributed by atoms with Gasteiger partial charge >= 0.3 is 5.97 Å². The van der Waals surface area contributed by atoms with E-state index in [0.717, 1.165) is 19.3 Å². The molecule has 2 N–H and O–H groups in total. The van der Waals surface area contributed by atoms with E-state index in [1.165, 1.54) is 19.4 Å². The summed E-state index contributed by atoms with van der Waals surface area (Å²) in [7, 11) is -3.67. The molecule has 3 rings (SSSR count). The number of amides is 1. The van der Waals surface area contributed by atoms with Crippen LogP contribution in [0.2, 0.25) is 0 Å². The first-order valence-corrected chi connectivity index (χ1v) is 10.9. The number of carbonyl (C=O) groups is 2. The van der Waals surface area contributed by atoms with Crippen LogP contribution in [-0.4, -0.2) is 44.8 Å². The number of aliphatic imine (C=N–C) groups is 1. The fourth-order valence-electron chi connectivity index (χ4n) is 3.51. The number of fused-ring (bicyclic) bond motifs is 1. The zero-order chi connectivity index (χ0) is 20.3. The maximum atomic E-state index is 12.2. The molecule has 1 amide bonds. The first-order chi connectivity index (χ1) is 13.3. The average Bonchev–Trinajstić information content (AvgIpc) is 2.92. The van der Waals surface area contributed by atoms with Crippen LogP contribution in [0.25, 0.3) is 0 Å². The van der Waals surface area contributed by atoms with E-state index in [4.69, 9.17) is 4.74 Å². The van der Waals surface area contributed by atoms with E-state index < -0.39 is 22.0 Å². The molecular formula is C19H25N3O5S. The molecule has 28 heavy (non-hydrogen) atoms. The van der Waals surface area contributed by atoms with Crippen LogP contribution in [0.1, 0.15) is 45.1 Å². The summed E-state index contributed by atoms with van der Waals surface area (Å²) in [6, 6.07) is 5.55. The van der Waals surface area contributed by atoms with Crippen molar-refractivity contribution in [3.63, 3.8) is 0 Å². The van der Waals surface area contributed by atoms with Gasteiger partial charge in [0.2, 0.25) is 0 Å². The third-order valence-electron chi connectivity index (χ3n) is 5.13. The van der Waals surface area contributed by atoms with Gasteiger partial charge in [-0.05, 0) is 37.8 Å². The van der Waals surface area contributed by atoms with E-state index in [0.29, 0.717) is 11.5 Å². The van der Waals surface area contributed by atoms with Crippen molar-refractivity contribution in [1.29, 1.82) is 0 Å². The van der Waals surface area contributed by atoms with Crippen LogP contribution in [0.5, 0.6) is 0 Å². The molecule has 1 aromatic carbocycles. The van der Waals surface area contributed by atoms with Crippen LogP contribution in [0, 0.1) is 5.92 Å². The third kappa shape index (κ3) is 4.52. The van der Waals surface area contributed by atoms with Gasteiger partial charge in [0.25, 0.3) is 15.9 Å².